The van der Waals surface area contributed by atoms with Gasteiger partial charge < -0.3 is 10.8 Å². The van der Waals surface area contributed by atoms with Crippen molar-refractivity contribution >= 4 is 0 Å². The molecule has 1 unspecified atom stereocenters. The lowest BCUT2D eigenvalue weighted by atomic mass is 9.98. The van der Waals surface area contributed by atoms with E-state index in [0.29, 0.717) is 18.9 Å². The third kappa shape index (κ3) is 3.13. The van der Waals surface area contributed by atoms with Gasteiger partial charge in [0, 0.05) is 6.54 Å². The van der Waals surface area contributed by atoms with Crippen LogP contribution in [0.2, 0.25) is 0 Å². The standard InChI is InChI=1S/C12H19NO/c1-9(2)12(14)7-10-4-3-5-11(6-10)8-13/h3-6,9,12,14H,7-8,13H2,1-2H3. The minimum absolute atomic E-state index is 0.261. The van der Waals surface area contributed by atoms with Gasteiger partial charge in [0.15, 0.2) is 0 Å². The predicted molar refractivity (Wildman–Crippen MR) is 58.9 cm³/mol. The predicted octanol–water partition coefficient (Wildman–Crippen LogP) is 1.70. The Kier molecular flexibility index (Phi) is 4.11. The Balaban J connectivity index is 2.66. The van der Waals surface area contributed by atoms with Crippen molar-refractivity contribution in [1.29, 1.82) is 0 Å². The number of benzene rings is 1. The molecular formula is C12H19NO. The van der Waals surface area contributed by atoms with Gasteiger partial charge in [0.2, 0.25) is 0 Å². The molecule has 1 rings (SSSR count). The summed E-state index contributed by atoms with van der Waals surface area (Å²) in [5.74, 6) is 0.302. The van der Waals surface area contributed by atoms with Crippen LogP contribution in [0, 0.1) is 5.92 Å². The Bertz CT molecular complexity index is 283. The lowest BCUT2D eigenvalue weighted by molar-refractivity contribution is 0.125. The van der Waals surface area contributed by atoms with Crippen molar-refractivity contribution in [2.24, 2.45) is 11.7 Å². The van der Waals surface area contributed by atoms with Crippen molar-refractivity contribution < 1.29 is 5.11 Å². The van der Waals surface area contributed by atoms with Gasteiger partial charge in [0.1, 0.15) is 0 Å². The number of aliphatic hydroxyl groups excluding tert-OH is 1. The molecule has 0 saturated carbocycles. The molecular weight excluding hydrogens is 174 g/mol. The van der Waals surface area contributed by atoms with Gasteiger partial charge in [-0.3, -0.25) is 0 Å². The van der Waals surface area contributed by atoms with Crippen molar-refractivity contribution in [3.05, 3.63) is 35.4 Å². The zero-order valence-electron chi connectivity index (χ0n) is 8.90. The second kappa shape index (κ2) is 5.13. The summed E-state index contributed by atoms with van der Waals surface area (Å²) in [5.41, 5.74) is 7.83. The fourth-order valence-corrected chi connectivity index (χ4v) is 1.36. The molecule has 78 valence electrons. The molecule has 0 aliphatic heterocycles. The van der Waals surface area contributed by atoms with Crippen LogP contribution >= 0.6 is 0 Å². The topological polar surface area (TPSA) is 46.2 Å². The molecule has 0 aliphatic carbocycles. The van der Waals surface area contributed by atoms with Gasteiger partial charge in [-0.2, -0.15) is 0 Å². The Hall–Kier alpha value is -0.860. The summed E-state index contributed by atoms with van der Waals surface area (Å²) in [6.07, 6.45) is 0.453. The van der Waals surface area contributed by atoms with Gasteiger partial charge in [-0.25, -0.2) is 0 Å². The highest BCUT2D eigenvalue weighted by molar-refractivity contribution is 5.23. The zero-order chi connectivity index (χ0) is 10.6. The maximum atomic E-state index is 9.71. The molecule has 14 heavy (non-hydrogen) atoms. The van der Waals surface area contributed by atoms with E-state index in [2.05, 4.69) is 6.07 Å². The van der Waals surface area contributed by atoms with Gasteiger partial charge in [-0.1, -0.05) is 38.1 Å². The van der Waals surface area contributed by atoms with Gasteiger partial charge in [0.25, 0.3) is 0 Å². The highest BCUT2D eigenvalue weighted by atomic mass is 16.3. The van der Waals surface area contributed by atoms with E-state index in [1.807, 2.05) is 32.0 Å². The molecule has 0 fully saturated rings. The van der Waals surface area contributed by atoms with Crippen molar-refractivity contribution in [3.8, 4) is 0 Å². The van der Waals surface area contributed by atoms with E-state index in [4.69, 9.17) is 5.73 Å². The number of hydrogen-bond donors (Lipinski definition) is 2. The average Bonchev–Trinajstić information content (AvgIpc) is 2.18. The lowest BCUT2D eigenvalue weighted by Crippen LogP contribution is -2.17. The van der Waals surface area contributed by atoms with Crippen LogP contribution in [0.4, 0.5) is 0 Å². The first-order valence-electron chi connectivity index (χ1n) is 5.09. The first-order chi connectivity index (χ1) is 6.63. The van der Waals surface area contributed by atoms with E-state index < -0.39 is 0 Å². The minimum Gasteiger partial charge on any atom is -0.393 e. The van der Waals surface area contributed by atoms with Crippen molar-refractivity contribution in [1.82, 2.24) is 0 Å². The Labute approximate surface area is 85.8 Å². The van der Waals surface area contributed by atoms with Gasteiger partial charge in [0.05, 0.1) is 6.10 Å². The molecule has 0 radical (unpaired) electrons. The summed E-state index contributed by atoms with van der Waals surface area (Å²) in [7, 11) is 0. The molecule has 0 aromatic heterocycles. The number of aliphatic hydroxyl groups is 1. The molecule has 0 heterocycles. The molecule has 0 spiro atoms. The van der Waals surface area contributed by atoms with Gasteiger partial charge in [-0.05, 0) is 23.5 Å². The van der Waals surface area contributed by atoms with Crippen LogP contribution in [0.1, 0.15) is 25.0 Å². The third-order valence-electron chi connectivity index (χ3n) is 2.44. The Morgan fingerprint density at radius 2 is 1.93 bits per heavy atom. The summed E-state index contributed by atoms with van der Waals surface area (Å²) in [5, 5.41) is 9.71. The molecule has 0 saturated heterocycles. The summed E-state index contributed by atoms with van der Waals surface area (Å²) in [6.45, 7) is 4.61. The number of nitrogens with two attached hydrogens (primary N) is 1. The smallest absolute Gasteiger partial charge is 0.0603 e. The van der Waals surface area contributed by atoms with Crippen LogP contribution in [0.3, 0.4) is 0 Å². The van der Waals surface area contributed by atoms with E-state index in [-0.39, 0.29) is 6.10 Å². The Morgan fingerprint density at radius 1 is 1.29 bits per heavy atom. The molecule has 1 aromatic carbocycles. The molecule has 0 bridgehead atoms. The number of hydrogen-bond acceptors (Lipinski definition) is 2. The maximum absolute atomic E-state index is 9.71. The SMILES string of the molecule is CC(C)C(O)Cc1cccc(CN)c1. The Morgan fingerprint density at radius 3 is 2.50 bits per heavy atom. The molecule has 0 aliphatic rings. The zero-order valence-corrected chi connectivity index (χ0v) is 8.90. The van der Waals surface area contributed by atoms with Gasteiger partial charge in [-0.15, -0.1) is 0 Å². The minimum atomic E-state index is -0.261. The maximum Gasteiger partial charge on any atom is 0.0603 e. The quantitative estimate of drug-likeness (QED) is 0.764. The van der Waals surface area contributed by atoms with Crippen LogP contribution in [-0.4, -0.2) is 11.2 Å². The van der Waals surface area contributed by atoms with E-state index in [1.54, 1.807) is 0 Å². The third-order valence-corrected chi connectivity index (χ3v) is 2.44. The van der Waals surface area contributed by atoms with Crippen LogP contribution in [0.15, 0.2) is 24.3 Å². The van der Waals surface area contributed by atoms with Crippen molar-refractivity contribution in [2.75, 3.05) is 0 Å². The van der Waals surface area contributed by atoms with E-state index >= 15 is 0 Å². The van der Waals surface area contributed by atoms with Crippen LogP contribution < -0.4 is 5.73 Å². The van der Waals surface area contributed by atoms with E-state index in [0.717, 1.165) is 11.1 Å². The fraction of sp³-hybridized carbons (Fsp3) is 0.500. The van der Waals surface area contributed by atoms with Crippen LogP contribution in [0.25, 0.3) is 0 Å². The summed E-state index contributed by atoms with van der Waals surface area (Å²) < 4.78 is 0. The second-order valence-electron chi connectivity index (χ2n) is 4.04. The normalized spacial score (nSPS) is 13.2. The second-order valence-corrected chi connectivity index (χ2v) is 4.04. The molecule has 1 aromatic rings. The summed E-state index contributed by atoms with van der Waals surface area (Å²) >= 11 is 0. The highest BCUT2D eigenvalue weighted by Gasteiger charge is 2.09. The first-order valence-corrected chi connectivity index (χ1v) is 5.09. The summed E-state index contributed by atoms with van der Waals surface area (Å²) in [6, 6.07) is 8.09. The molecule has 2 nitrogen and oxygen atoms in total. The van der Waals surface area contributed by atoms with Crippen LogP contribution in [0.5, 0.6) is 0 Å². The average molecular weight is 193 g/mol. The van der Waals surface area contributed by atoms with Crippen LogP contribution in [-0.2, 0) is 13.0 Å². The largest absolute Gasteiger partial charge is 0.393 e. The lowest BCUT2D eigenvalue weighted by Gasteiger charge is -2.14. The molecule has 3 N–H and O–H groups in total. The molecule has 2 heteroatoms. The molecule has 0 amide bonds. The highest BCUT2D eigenvalue weighted by Crippen LogP contribution is 2.11. The molecule has 1 atom stereocenters. The van der Waals surface area contributed by atoms with Crippen molar-refractivity contribution in [3.63, 3.8) is 0 Å². The fourth-order valence-electron chi connectivity index (χ4n) is 1.36. The van der Waals surface area contributed by atoms with E-state index in [1.165, 1.54) is 0 Å². The summed E-state index contributed by atoms with van der Waals surface area (Å²) in [4.78, 5) is 0. The first kappa shape index (κ1) is 11.2. The van der Waals surface area contributed by atoms with E-state index in [9.17, 15) is 5.11 Å². The monoisotopic (exact) mass is 193 g/mol. The van der Waals surface area contributed by atoms with Gasteiger partial charge >= 0.3 is 0 Å². The van der Waals surface area contributed by atoms with Crippen molar-refractivity contribution in [2.45, 2.75) is 32.9 Å². The number of rotatable bonds is 4.